The van der Waals surface area contributed by atoms with Crippen LogP contribution in [0.5, 0.6) is 5.75 Å². The Kier molecular flexibility index (Phi) is 9.28. The van der Waals surface area contributed by atoms with Gasteiger partial charge in [0.1, 0.15) is 5.75 Å². The predicted octanol–water partition coefficient (Wildman–Crippen LogP) is 5.74. The van der Waals surface area contributed by atoms with Gasteiger partial charge in [0.15, 0.2) is 0 Å². The number of epoxide rings is 2. The van der Waals surface area contributed by atoms with E-state index < -0.39 is 4.92 Å². The van der Waals surface area contributed by atoms with Gasteiger partial charge in [0, 0.05) is 25.0 Å². The number of benzene rings is 1. The van der Waals surface area contributed by atoms with Crippen molar-refractivity contribution >= 4 is 11.7 Å². The quantitative estimate of drug-likeness (QED) is 0.0824. The van der Waals surface area contributed by atoms with Gasteiger partial charge < -0.3 is 14.2 Å². The van der Waals surface area contributed by atoms with E-state index in [0.29, 0.717) is 36.6 Å². The van der Waals surface area contributed by atoms with Gasteiger partial charge in [-0.05, 0) is 31.4 Å². The molecular weight excluding hydrogens is 398 g/mol. The number of carbonyl (C=O) groups is 1. The van der Waals surface area contributed by atoms with Gasteiger partial charge >= 0.3 is 5.97 Å². The fourth-order valence-corrected chi connectivity index (χ4v) is 4.07. The first-order valence-electron chi connectivity index (χ1n) is 11.8. The Hall–Kier alpha value is -1.99. The Labute approximate surface area is 184 Å². The first kappa shape index (κ1) is 23.7. The molecule has 0 aromatic heterocycles. The van der Waals surface area contributed by atoms with Crippen LogP contribution in [0.15, 0.2) is 24.3 Å². The number of esters is 1. The first-order valence-corrected chi connectivity index (χ1v) is 11.8. The van der Waals surface area contributed by atoms with Crippen molar-refractivity contribution in [2.24, 2.45) is 0 Å². The lowest BCUT2D eigenvalue weighted by Crippen LogP contribution is -2.07. The molecule has 1 aromatic carbocycles. The average Bonchev–Trinajstić information content (AvgIpc) is 3.67. The minimum atomic E-state index is -0.479. The van der Waals surface area contributed by atoms with Gasteiger partial charge in [-0.25, -0.2) is 0 Å². The number of nitro groups is 1. The summed E-state index contributed by atoms with van der Waals surface area (Å²) in [5.74, 6) is 0.0526. The number of unbranched alkanes of at least 4 members (excludes halogenated alkanes) is 6. The molecule has 0 bridgehead atoms. The largest absolute Gasteiger partial charge is 0.427 e. The molecule has 2 aliphatic heterocycles. The predicted molar refractivity (Wildman–Crippen MR) is 117 cm³/mol. The van der Waals surface area contributed by atoms with Gasteiger partial charge in [0.2, 0.25) is 0 Å². The summed E-state index contributed by atoms with van der Waals surface area (Å²) in [7, 11) is 0. The Morgan fingerprint density at radius 3 is 2.10 bits per heavy atom. The summed E-state index contributed by atoms with van der Waals surface area (Å²) in [4.78, 5) is 22.0. The smallest absolute Gasteiger partial charge is 0.311 e. The minimum Gasteiger partial charge on any atom is -0.427 e. The summed E-state index contributed by atoms with van der Waals surface area (Å²) >= 11 is 0. The van der Waals surface area contributed by atoms with Crippen LogP contribution in [0.2, 0.25) is 0 Å². The minimum absolute atomic E-state index is 0.0183. The van der Waals surface area contributed by atoms with Gasteiger partial charge in [-0.2, -0.15) is 0 Å². The molecule has 0 aliphatic carbocycles. The zero-order valence-electron chi connectivity index (χ0n) is 18.5. The van der Waals surface area contributed by atoms with Crippen LogP contribution in [-0.4, -0.2) is 35.3 Å². The van der Waals surface area contributed by atoms with E-state index in [1.54, 1.807) is 0 Å². The molecule has 31 heavy (non-hydrogen) atoms. The van der Waals surface area contributed by atoms with Crippen molar-refractivity contribution in [2.75, 3.05) is 0 Å². The fraction of sp³-hybridized carbons (Fsp3) is 0.708. The summed E-state index contributed by atoms with van der Waals surface area (Å²) in [5.41, 5.74) is -0.0183. The molecule has 2 aliphatic rings. The van der Waals surface area contributed by atoms with Crippen LogP contribution < -0.4 is 4.74 Å². The molecule has 0 N–H and O–H groups in total. The Balaban J connectivity index is 1.13. The number of hydrogen-bond acceptors (Lipinski definition) is 6. The molecule has 4 atom stereocenters. The van der Waals surface area contributed by atoms with Crippen LogP contribution in [0.3, 0.4) is 0 Å². The molecule has 0 radical (unpaired) electrons. The second kappa shape index (κ2) is 12.2. The van der Waals surface area contributed by atoms with E-state index in [9.17, 15) is 14.9 Å². The maximum Gasteiger partial charge on any atom is 0.311 e. The van der Waals surface area contributed by atoms with E-state index in [-0.39, 0.29) is 11.7 Å². The fourth-order valence-electron chi connectivity index (χ4n) is 4.07. The molecule has 0 spiro atoms. The number of rotatable bonds is 16. The maximum atomic E-state index is 11.9. The Morgan fingerprint density at radius 2 is 1.48 bits per heavy atom. The lowest BCUT2D eigenvalue weighted by Gasteiger charge is -2.04. The second-order valence-corrected chi connectivity index (χ2v) is 8.69. The van der Waals surface area contributed by atoms with E-state index in [1.807, 2.05) is 0 Å². The second-order valence-electron chi connectivity index (χ2n) is 8.69. The van der Waals surface area contributed by atoms with Crippen molar-refractivity contribution in [1.29, 1.82) is 0 Å². The topological polar surface area (TPSA) is 94.5 Å². The third-order valence-corrected chi connectivity index (χ3v) is 6.08. The third-order valence-electron chi connectivity index (χ3n) is 6.08. The molecular formula is C24H35NO6. The normalized spacial score (nSPS) is 24.0. The van der Waals surface area contributed by atoms with Gasteiger partial charge in [-0.3, -0.25) is 14.9 Å². The molecule has 2 heterocycles. The van der Waals surface area contributed by atoms with E-state index in [2.05, 4.69) is 6.92 Å². The summed E-state index contributed by atoms with van der Waals surface area (Å²) in [6, 6.07) is 5.57. The summed E-state index contributed by atoms with van der Waals surface area (Å²) < 4.78 is 16.8. The summed E-state index contributed by atoms with van der Waals surface area (Å²) in [5, 5.41) is 10.6. The van der Waals surface area contributed by atoms with Crippen LogP contribution in [0.1, 0.15) is 84.0 Å². The van der Waals surface area contributed by atoms with Crippen molar-refractivity contribution in [3.8, 4) is 5.75 Å². The molecule has 2 fully saturated rings. The maximum absolute atomic E-state index is 11.9. The molecule has 4 unspecified atom stereocenters. The summed E-state index contributed by atoms with van der Waals surface area (Å²) in [6.45, 7) is 2.23. The molecule has 0 saturated carbocycles. The SMILES string of the molecule is CCCCCC1OC1CC1OC1CCCCCCCC(=O)Oc1ccc([N+](=O)[O-])cc1. The van der Waals surface area contributed by atoms with Crippen LogP contribution in [0.4, 0.5) is 5.69 Å². The van der Waals surface area contributed by atoms with Gasteiger partial charge in [-0.1, -0.05) is 51.9 Å². The highest BCUT2D eigenvalue weighted by Crippen LogP contribution is 2.39. The number of nitrogens with zero attached hydrogens (tertiary/aromatic N) is 1. The molecule has 7 heteroatoms. The molecule has 2 saturated heterocycles. The lowest BCUT2D eigenvalue weighted by molar-refractivity contribution is -0.384. The van der Waals surface area contributed by atoms with Crippen molar-refractivity contribution in [3.63, 3.8) is 0 Å². The van der Waals surface area contributed by atoms with Gasteiger partial charge in [-0.15, -0.1) is 0 Å². The molecule has 1 aromatic rings. The lowest BCUT2D eigenvalue weighted by atomic mass is 10.0. The molecule has 7 nitrogen and oxygen atoms in total. The van der Waals surface area contributed by atoms with E-state index >= 15 is 0 Å². The highest BCUT2D eigenvalue weighted by atomic mass is 16.6. The monoisotopic (exact) mass is 433 g/mol. The number of carbonyl (C=O) groups excluding carboxylic acids is 1. The van der Waals surface area contributed by atoms with Crippen LogP contribution in [0, 0.1) is 10.1 Å². The molecule has 3 rings (SSSR count). The standard InChI is InChI=1S/C24H35NO6/c1-2-3-7-10-20-22(30-20)17-23-21(31-23)11-8-5-4-6-9-12-24(26)29-19-15-13-18(14-16-19)25(27)28/h13-16,20-23H,2-12,17H2,1H3. The number of hydrogen-bond donors (Lipinski definition) is 0. The number of nitro benzene ring substituents is 1. The van der Waals surface area contributed by atoms with Gasteiger partial charge in [0.05, 0.1) is 29.3 Å². The van der Waals surface area contributed by atoms with Crippen molar-refractivity contribution < 1.29 is 23.9 Å². The van der Waals surface area contributed by atoms with Crippen LogP contribution >= 0.6 is 0 Å². The first-order chi connectivity index (χ1) is 15.1. The highest BCUT2D eigenvalue weighted by molar-refractivity contribution is 5.72. The van der Waals surface area contributed by atoms with Crippen molar-refractivity contribution in [2.45, 2.75) is 108 Å². The van der Waals surface area contributed by atoms with E-state index in [0.717, 1.165) is 38.5 Å². The molecule has 0 amide bonds. The van der Waals surface area contributed by atoms with Crippen LogP contribution in [-0.2, 0) is 14.3 Å². The van der Waals surface area contributed by atoms with Crippen molar-refractivity contribution in [1.82, 2.24) is 0 Å². The number of non-ortho nitro benzene ring substituents is 1. The van der Waals surface area contributed by atoms with Crippen molar-refractivity contribution in [3.05, 3.63) is 34.4 Å². The van der Waals surface area contributed by atoms with E-state index in [1.165, 1.54) is 56.4 Å². The average molecular weight is 434 g/mol. The summed E-state index contributed by atoms with van der Waals surface area (Å²) in [6.07, 6.45) is 14.6. The zero-order valence-corrected chi connectivity index (χ0v) is 18.5. The Morgan fingerprint density at radius 1 is 0.903 bits per heavy atom. The Bertz CT molecular complexity index is 707. The van der Waals surface area contributed by atoms with Gasteiger partial charge in [0.25, 0.3) is 5.69 Å². The zero-order chi connectivity index (χ0) is 22.1. The van der Waals surface area contributed by atoms with E-state index in [4.69, 9.17) is 14.2 Å². The number of ether oxygens (including phenoxy) is 3. The van der Waals surface area contributed by atoms with Crippen LogP contribution in [0.25, 0.3) is 0 Å². The third kappa shape index (κ3) is 8.57. The molecule has 172 valence electrons. The highest BCUT2D eigenvalue weighted by Gasteiger charge is 2.47.